The van der Waals surface area contributed by atoms with Crippen molar-refractivity contribution in [3.63, 3.8) is 0 Å². The van der Waals surface area contributed by atoms with Crippen LogP contribution in [0.5, 0.6) is 0 Å². The van der Waals surface area contributed by atoms with Crippen LogP contribution in [0.3, 0.4) is 0 Å². The van der Waals surface area contributed by atoms with Gasteiger partial charge in [0, 0.05) is 28.6 Å². The molecule has 1 heterocycles. The summed E-state index contributed by atoms with van der Waals surface area (Å²) in [5.74, 6) is 0. The number of H-pyrrole nitrogens is 1. The molecule has 0 bridgehead atoms. The quantitative estimate of drug-likeness (QED) is 0.170. The minimum atomic E-state index is -3.65. The van der Waals surface area contributed by atoms with Crippen LogP contribution in [0.15, 0.2) is 150 Å². The fraction of sp³-hybridized carbons (Fsp3) is 0.0789. The van der Waals surface area contributed by atoms with Crippen molar-refractivity contribution in [1.29, 1.82) is 0 Å². The zero-order chi connectivity index (χ0) is 29.6. The maximum Gasteiger partial charge on any atom is 0.240 e. The molecule has 4 nitrogen and oxygen atoms in total. The lowest BCUT2D eigenvalue weighted by molar-refractivity contribution is 0.581. The van der Waals surface area contributed by atoms with Crippen molar-refractivity contribution in [2.75, 3.05) is 6.54 Å². The smallest absolute Gasteiger partial charge is 0.240 e. The molecule has 6 aromatic rings. The van der Waals surface area contributed by atoms with Crippen LogP contribution in [-0.2, 0) is 16.4 Å². The van der Waals surface area contributed by atoms with Gasteiger partial charge in [-0.15, -0.1) is 5.73 Å². The molecule has 0 unspecified atom stereocenters. The highest BCUT2D eigenvalue weighted by molar-refractivity contribution is 7.89. The van der Waals surface area contributed by atoms with Crippen molar-refractivity contribution in [3.05, 3.63) is 179 Å². The number of benzene rings is 5. The standard InChI is InChI=1S/C38H32N2O2S/c1-28-21-23-32(24-22-28)43(41,42)39-26-25-34-33-19-11-12-20-37(33)40-38(34)36(31-17-9-4-10-18-31)27-35(29-13-5-2-6-14-29)30-15-7-3-8-16-30/h2-24,39-40H,25-26H2,1H3. The summed E-state index contributed by atoms with van der Waals surface area (Å²) < 4.78 is 29.0. The summed E-state index contributed by atoms with van der Waals surface area (Å²) >= 11 is 0. The molecule has 5 aromatic carbocycles. The molecule has 0 saturated heterocycles. The normalized spacial score (nSPS) is 11.3. The van der Waals surface area contributed by atoms with E-state index in [9.17, 15) is 8.42 Å². The fourth-order valence-corrected chi connectivity index (χ4v) is 6.35. The SMILES string of the molecule is Cc1ccc(S(=O)(=O)NCCc2c(C(=C=C(c3ccccc3)c3ccccc3)c3ccccc3)[nH]c3ccccc23)cc1. The Morgan fingerprint density at radius 2 is 1.16 bits per heavy atom. The second-order valence-corrected chi connectivity index (χ2v) is 12.2. The molecule has 212 valence electrons. The number of fused-ring (bicyclic) bond motifs is 1. The number of rotatable bonds is 9. The van der Waals surface area contributed by atoms with E-state index in [1.807, 2.05) is 85.8 Å². The number of hydrogen-bond donors (Lipinski definition) is 2. The molecule has 0 radical (unpaired) electrons. The molecule has 1 aromatic heterocycles. The van der Waals surface area contributed by atoms with Crippen LogP contribution in [-0.4, -0.2) is 19.9 Å². The van der Waals surface area contributed by atoms with Gasteiger partial charge in [-0.05, 0) is 53.8 Å². The first-order chi connectivity index (χ1) is 21.0. The average molecular weight is 581 g/mol. The van der Waals surface area contributed by atoms with Crippen molar-refractivity contribution >= 4 is 32.1 Å². The molecular weight excluding hydrogens is 548 g/mol. The van der Waals surface area contributed by atoms with E-state index in [1.165, 1.54) is 0 Å². The van der Waals surface area contributed by atoms with Gasteiger partial charge in [-0.25, -0.2) is 13.1 Å². The Bertz CT molecular complexity index is 1980. The highest BCUT2D eigenvalue weighted by atomic mass is 32.2. The van der Waals surface area contributed by atoms with Gasteiger partial charge in [0.05, 0.1) is 10.6 Å². The van der Waals surface area contributed by atoms with E-state index in [1.54, 1.807) is 12.1 Å². The van der Waals surface area contributed by atoms with Gasteiger partial charge in [-0.3, -0.25) is 0 Å². The highest BCUT2D eigenvalue weighted by Crippen LogP contribution is 2.33. The minimum Gasteiger partial charge on any atom is -0.354 e. The highest BCUT2D eigenvalue weighted by Gasteiger charge is 2.19. The van der Waals surface area contributed by atoms with E-state index in [2.05, 4.69) is 64.0 Å². The predicted octanol–water partition coefficient (Wildman–Crippen LogP) is 8.16. The van der Waals surface area contributed by atoms with E-state index in [0.717, 1.165) is 55.6 Å². The van der Waals surface area contributed by atoms with E-state index in [-0.39, 0.29) is 11.4 Å². The first kappa shape index (κ1) is 28.2. The zero-order valence-corrected chi connectivity index (χ0v) is 24.7. The molecule has 6 rings (SSSR count). The van der Waals surface area contributed by atoms with E-state index < -0.39 is 10.0 Å². The van der Waals surface area contributed by atoms with Crippen molar-refractivity contribution in [1.82, 2.24) is 9.71 Å². The van der Waals surface area contributed by atoms with Crippen molar-refractivity contribution < 1.29 is 8.42 Å². The number of aryl methyl sites for hydroxylation is 1. The molecule has 0 saturated carbocycles. The monoisotopic (exact) mass is 580 g/mol. The van der Waals surface area contributed by atoms with Gasteiger partial charge in [-0.1, -0.05) is 127 Å². The third-order valence-corrected chi connectivity index (χ3v) is 8.98. The lowest BCUT2D eigenvalue weighted by Gasteiger charge is -2.12. The predicted molar refractivity (Wildman–Crippen MR) is 176 cm³/mol. The molecule has 0 aliphatic carbocycles. The average Bonchev–Trinajstić information content (AvgIpc) is 3.41. The Balaban J connectivity index is 1.51. The lowest BCUT2D eigenvalue weighted by atomic mass is 9.93. The van der Waals surface area contributed by atoms with Crippen LogP contribution < -0.4 is 4.72 Å². The van der Waals surface area contributed by atoms with Crippen LogP contribution in [0.25, 0.3) is 22.0 Å². The first-order valence-electron chi connectivity index (χ1n) is 14.3. The second-order valence-electron chi connectivity index (χ2n) is 10.5. The number of para-hydroxylation sites is 1. The summed E-state index contributed by atoms with van der Waals surface area (Å²) in [6.45, 7) is 2.19. The summed E-state index contributed by atoms with van der Waals surface area (Å²) in [4.78, 5) is 3.93. The topological polar surface area (TPSA) is 62.0 Å². The summed E-state index contributed by atoms with van der Waals surface area (Å²) in [5.41, 5.74) is 12.8. The van der Waals surface area contributed by atoms with Crippen LogP contribution in [0.1, 0.15) is 33.5 Å². The second kappa shape index (κ2) is 12.5. The molecule has 0 aliphatic heterocycles. The van der Waals surface area contributed by atoms with Crippen molar-refractivity contribution in [3.8, 4) is 0 Å². The Labute approximate surface area is 253 Å². The molecule has 5 heteroatoms. The Hall–Kier alpha value is -4.93. The molecular formula is C38H32N2O2S. The molecule has 0 aliphatic rings. The number of hydrogen-bond acceptors (Lipinski definition) is 2. The summed E-state index contributed by atoms with van der Waals surface area (Å²) in [6, 6.07) is 45.9. The van der Waals surface area contributed by atoms with Crippen LogP contribution in [0.4, 0.5) is 0 Å². The molecule has 0 amide bonds. The maximum absolute atomic E-state index is 13.1. The molecule has 43 heavy (non-hydrogen) atoms. The van der Waals surface area contributed by atoms with Gasteiger partial charge in [-0.2, -0.15) is 0 Å². The summed E-state index contributed by atoms with van der Waals surface area (Å²) in [5, 5.41) is 1.06. The third kappa shape index (κ3) is 6.30. The van der Waals surface area contributed by atoms with Crippen LogP contribution in [0.2, 0.25) is 0 Å². The largest absolute Gasteiger partial charge is 0.354 e. The van der Waals surface area contributed by atoms with Crippen LogP contribution in [0, 0.1) is 6.92 Å². The fourth-order valence-electron chi connectivity index (χ4n) is 5.31. The maximum atomic E-state index is 13.1. The number of sulfonamides is 1. The van der Waals surface area contributed by atoms with E-state index in [4.69, 9.17) is 0 Å². The Kier molecular flexibility index (Phi) is 8.21. The van der Waals surface area contributed by atoms with E-state index >= 15 is 0 Å². The lowest BCUT2D eigenvalue weighted by Crippen LogP contribution is -2.26. The Morgan fingerprint density at radius 3 is 1.74 bits per heavy atom. The first-order valence-corrected chi connectivity index (χ1v) is 15.8. The van der Waals surface area contributed by atoms with Gasteiger partial charge >= 0.3 is 0 Å². The molecule has 0 spiro atoms. The van der Waals surface area contributed by atoms with Gasteiger partial charge in [0.25, 0.3) is 0 Å². The van der Waals surface area contributed by atoms with E-state index in [0.29, 0.717) is 6.42 Å². The van der Waals surface area contributed by atoms with Crippen molar-refractivity contribution in [2.45, 2.75) is 18.2 Å². The molecule has 2 N–H and O–H groups in total. The number of aromatic amines is 1. The summed E-state index contributed by atoms with van der Waals surface area (Å²) in [6.07, 6.45) is 0.495. The zero-order valence-electron chi connectivity index (χ0n) is 23.9. The number of nitrogens with one attached hydrogen (secondary N) is 2. The van der Waals surface area contributed by atoms with Gasteiger partial charge in [0.15, 0.2) is 0 Å². The molecule has 0 atom stereocenters. The Morgan fingerprint density at radius 1 is 0.651 bits per heavy atom. The summed E-state index contributed by atoms with van der Waals surface area (Å²) in [7, 11) is -3.65. The number of aromatic nitrogens is 1. The minimum absolute atomic E-state index is 0.251. The van der Waals surface area contributed by atoms with Gasteiger partial charge < -0.3 is 4.98 Å². The third-order valence-electron chi connectivity index (χ3n) is 7.50. The van der Waals surface area contributed by atoms with Gasteiger partial charge in [0.1, 0.15) is 0 Å². The molecule has 0 fully saturated rings. The van der Waals surface area contributed by atoms with Crippen molar-refractivity contribution in [2.24, 2.45) is 0 Å². The van der Waals surface area contributed by atoms with Gasteiger partial charge in [0.2, 0.25) is 10.0 Å². The van der Waals surface area contributed by atoms with Crippen LogP contribution >= 0.6 is 0 Å².